The summed E-state index contributed by atoms with van der Waals surface area (Å²) in [6, 6.07) is 0.432. The van der Waals surface area contributed by atoms with Crippen molar-refractivity contribution in [3.05, 3.63) is 11.8 Å². The quantitative estimate of drug-likeness (QED) is 0.872. The zero-order chi connectivity index (χ0) is 13.4. The highest BCUT2D eigenvalue weighted by atomic mass is 16.5. The van der Waals surface area contributed by atoms with Gasteiger partial charge in [-0.1, -0.05) is 0 Å². The normalized spacial score (nSPS) is 22.6. The summed E-state index contributed by atoms with van der Waals surface area (Å²) < 4.78 is 5.45. The molecule has 0 aromatic carbocycles. The maximum Gasteiger partial charge on any atom is 0.239 e. The Kier molecular flexibility index (Phi) is 3.22. The number of ether oxygens (including phenoxy) is 1. The summed E-state index contributed by atoms with van der Waals surface area (Å²) in [5.74, 6) is 0.728. The van der Waals surface area contributed by atoms with Crippen molar-refractivity contribution in [3.63, 3.8) is 0 Å². The minimum atomic E-state index is 0.432. The molecule has 1 saturated heterocycles. The third kappa shape index (κ3) is 2.02. The number of hydrogen-bond acceptors (Lipinski definition) is 5. The maximum absolute atomic E-state index is 5.45. The van der Waals surface area contributed by atoms with E-state index in [1.807, 2.05) is 6.20 Å². The van der Waals surface area contributed by atoms with Gasteiger partial charge in [0.25, 0.3) is 0 Å². The van der Waals surface area contributed by atoms with E-state index in [1.54, 1.807) is 7.11 Å². The average Bonchev–Trinajstić information content (AvgIpc) is 2.95. The molecule has 19 heavy (non-hydrogen) atoms. The van der Waals surface area contributed by atoms with E-state index in [0.717, 1.165) is 31.2 Å². The van der Waals surface area contributed by atoms with Crippen molar-refractivity contribution >= 4 is 11.4 Å². The molecule has 0 aliphatic carbocycles. The van der Waals surface area contributed by atoms with Crippen LogP contribution in [0.5, 0.6) is 5.88 Å². The van der Waals surface area contributed by atoms with Crippen LogP contribution in [0.3, 0.4) is 0 Å². The largest absolute Gasteiger partial charge is 0.479 e. The highest BCUT2D eigenvalue weighted by Crippen LogP contribution is 2.44. The molecule has 0 amide bonds. The lowest BCUT2D eigenvalue weighted by molar-refractivity contribution is 0.396. The Hall–Kier alpha value is -1.49. The molecule has 1 N–H and O–H groups in total. The summed E-state index contributed by atoms with van der Waals surface area (Å²) in [6.45, 7) is 3.14. The Morgan fingerprint density at radius 3 is 2.63 bits per heavy atom. The van der Waals surface area contributed by atoms with Crippen molar-refractivity contribution in [1.29, 1.82) is 0 Å². The van der Waals surface area contributed by atoms with Crippen molar-refractivity contribution in [2.75, 3.05) is 50.6 Å². The highest BCUT2D eigenvalue weighted by molar-refractivity contribution is 5.80. The molecule has 5 nitrogen and oxygen atoms in total. The summed E-state index contributed by atoms with van der Waals surface area (Å²) in [6.07, 6.45) is 4.42. The molecule has 3 heterocycles. The van der Waals surface area contributed by atoms with Crippen LogP contribution in [0.4, 0.5) is 11.4 Å². The van der Waals surface area contributed by atoms with E-state index in [1.165, 1.54) is 24.1 Å². The van der Waals surface area contributed by atoms with Gasteiger partial charge in [-0.15, -0.1) is 0 Å². The second kappa shape index (κ2) is 4.89. The summed E-state index contributed by atoms with van der Waals surface area (Å²) in [5, 5.41) is 3.57. The van der Waals surface area contributed by atoms with Crippen molar-refractivity contribution in [2.45, 2.75) is 18.9 Å². The third-order valence-electron chi connectivity index (χ3n) is 4.18. The first kappa shape index (κ1) is 12.5. The van der Waals surface area contributed by atoms with E-state index in [0.29, 0.717) is 6.04 Å². The van der Waals surface area contributed by atoms with Gasteiger partial charge >= 0.3 is 0 Å². The predicted octanol–water partition coefficient (Wildman–Crippen LogP) is 1.40. The van der Waals surface area contributed by atoms with Crippen LogP contribution in [0.15, 0.2) is 6.20 Å². The van der Waals surface area contributed by atoms with Crippen LogP contribution in [0, 0.1) is 0 Å². The molecule has 5 heteroatoms. The molecule has 2 aliphatic rings. The lowest BCUT2D eigenvalue weighted by Gasteiger charge is -2.37. The summed E-state index contributed by atoms with van der Waals surface area (Å²) in [7, 11) is 5.96. The van der Waals surface area contributed by atoms with Gasteiger partial charge in [0.2, 0.25) is 5.88 Å². The average molecular weight is 262 g/mol. The molecule has 1 aromatic rings. The Morgan fingerprint density at radius 2 is 2.00 bits per heavy atom. The van der Waals surface area contributed by atoms with Gasteiger partial charge in [-0.2, -0.15) is 0 Å². The topological polar surface area (TPSA) is 40.6 Å². The van der Waals surface area contributed by atoms with Crippen LogP contribution in [-0.2, 0) is 0 Å². The number of rotatable bonds is 2. The monoisotopic (exact) mass is 262 g/mol. The standard InChI is InChI=1S/C14H22N4O/c1-17-7-8-18(2)13-12(17)10(9-16-14(13)19-3)11-5-4-6-15-11/h9,11,15H,4-8H2,1-3H3/t11-/m0/s1. The Labute approximate surface area is 114 Å². The molecule has 1 aromatic heterocycles. The number of anilines is 2. The summed E-state index contributed by atoms with van der Waals surface area (Å²) >= 11 is 0. The fourth-order valence-electron chi connectivity index (χ4n) is 3.11. The van der Waals surface area contributed by atoms with E-state index < -0.39 is 0 Å². The second-order valence-electron chi connectivity index (χ2n) is 5.41. The first-order valence-corrected chi connectivity index (χ1v) is 6.95. The van der Waals surface area contributed by atoms with E-state index in [4.69, 9.17) is 4.74 Å². The molecule has 3 rings (SSSR count). The van der Waals surface area contributed by atoms with Gasteiger partial charge in [-0.05, 0) is 19.4 Å². The van der Waals surface area contributed by atoms with Crippen LogP contribution >= 0.6 is 0 Å². The second-order valence-corrected chi connectivity index (χ2v) is 5.41. The molecule has 0 bridgehead atoms. The number of likely N-dealkylation sites (N-methyl/N-ethyl adjacent to an activating group) is 2. The van der Waals surface area contributed by atoms with Crippen LogP contribution in [0.2, 0.25) is 0 Å². The molecular formula is C14H22N4O. The smallest absolute Gasteiger partial charge is 0.239 e. The summed E-state index contributed by atoms with van der Waals surface area (Å²) in [4.78, 5) is 9.09. The van der Waals surface area contributed by atoms with Gasteiger partial charge in [0.1, 0.15) is 5.69 Å². The summed E-state index contributed by atoms with van der Waals surface area (Å²) in [5.41, 5.74) is 3.71. The molecule has 0 saturated carbocycles. The van der Waals surface area contributed by atoms with E-state index in [2.05, 4.69) is 34.2 Å². The SMILES string of the molecule is COc1ncc([C@@H]2CCCN2)c2c1N(C)CCN2C. The van der Waals surface area contributed by atoms with Crippen LogP contribution < -0.4 is 19.9 Å². The van der Waals surface area contributed by atoms with E-state index >= 15 is 0 Å². The molecule has 0 unspecified atom stereocenters. The van der Waals surface area contributed by atoms with Gasteiger partial charge in [0, 0.05) is 45.0 Å². The molecule has 2 aliphatic heterocycles. The zero-order valence-corrected chi connectivity index (χ0v) is 11.9. The number of nitrogens with zero attached hydrogens (tertiary/aromatic N) is 3. The third-order valence-corrected chi connectivity index (χ3v) is 4.18. The zero-order valence-electron chi connectivity index (χ0n) is 11.9. The van der Waals surface area contributed by atoms with Crippen molar-refractivity contribution in [1.82, 2.24) is 10.3 Å². The minimum Gasteiger partial charge on any atom is -0.479 e. The fraction of sp³-hybridized carbons (Fsp3) is 0.643. The number of fused-ring (bicyclic) bond motifs is 1. The number of aromatic nitrogens is 1. The molecule has 1 atom stereocenters. The van der Waals surface area contributed by atoms with Crippen LogP contribution in [0.25, 0.3) is 0 Å². The van der Waals surface area contributed by atoms with E-state index in [-0.39, 0.29) is 0 Å². The van der Waals surface area contributed by atoms with Crippen molar-refractivity contribution in [2.24, 2.45) is 0 Å². The lowest BCUT2D eigenvalue weighted by atomic mass is 10.0. The van der Waals surface area contributed by atoms with Gasteiger partial charge in [-0.3, -0.25) is 0 Å². The molecule has 104 valence electrons. The lowest BCUT2D eigenvalue weighted by Crippen LogP contribution is -2.38. The van der Waals surface area contributed by atoms with Crippen LogP contribution in [0.1, 0.15) is 24.4 Å². The first-order chi connectivity index (χ1) is 9.22. The fourth-order valence-corrected chi connectivity index (χ4v) is 3.11. The first-order valence-electron chi connectivity index (χ1n) is 6.95. The Morgan fingerprint density at radius 1 is 1.26 bits per heavy atom. The highest BCUT2D eigenvalue weighted by Gasteiger charge is 2.29. The maximum atomic E-state index is 5.45. The van der Waals surface area contributed by atoms with Crippen molar-refractivity contribution in [3.8, 4) is 5.88 Å². The van der Waals surface area contributed by atoms with Gasteiger partial charge in [0.05, 0.1) is 12.8 Å². The number of methoxy groups -OCH3 is 1. The Balaban J connectivity index is 2.13. The van der Waals surface area contributed by atoms with E-state index in [9.17, 15) is 0 Å². The van der Waals surface area contributed by atoms with Gasteiger partial charge in [0.15, 0.2) is 0 Å². The van der Waals surface area contributed by atoms with Crippen molar-refractivity contribution < 1.29 is 4.74 Å². The molecule has 0 radical (unpaired) electrons. The van der Waals surface area contributed by atoms with Gasteiger partial charge < -0.3 is 19.9 Å². The van der Waals surface area contributed by atoms with Gasteiger partial charge in [-0.25, -0.2) is 4.98 Å². The number of hydrogen-bond donors (Lipinski definition) is 1. The van der Waals surface area contributed by atoms with Crippen LogP contribution in [-0.4, -0.2) is 45.8 Å². The predicted molar refractivity (Wildman–Crippen MR) is 77.3 cm³/mol. The number of pyridine rings is 1. The number of nitrogens with one attached hydrogen (secondary N) is 1. The molecule has 1 fully saturated rings. The Bertz CT molecular complexity index is 471. The molecular weight excluding hydrogens is 240 g/mol. The minimum absolute atomic E-state index is 0.432. The molecule has 0 spiro atoms.